The number of methoxy groups -OCH3 is 2. The normalized spacial score (nSPS) is 11.8. The number of halogens is 3. The fraction of sp³-hybridized carbons (Fsp3) is 0.421. The molecule has 2 heterocycles. The van der Waals surface area contributed by atoms with Crippen molar-refractivity contribution in [3.8, 4) is 11.5 Å². The van der Waals surface area contributed by atoms with Crippen molar-refractivity contribution in [1.29, 1.82) is 0 Å². The quantitative estimate of drug-likeness (QED) is 0.511. The number of rotatable bonds is 10. The molecule has 0 spiro atoms. The van der Waals surface area contributed by atoms with Crippen LogP contribution in [0.25, 0.3) is 11.2 Å². The average molecular weight is 441 g/mol. The van der Waals surface area contributed by atoms with Crippen molar-refractivity contribution in [2.45, 2.75) is 23.0 Å². The molecule has 2 N–H and O–H groups in total. The molecule has 3 rings (SSSR count). The monoisotopic (exact) mass is 441 g/mol. The first-order valence-electron chi connectivity index (χ1n) is 9.05. The van der Waals surface area contributed by atoms with Crippen molar-refractivity contribution in [3.05, 3.63) is 24.5 Å². The number of nitrogens with two attached hydrogens (primary N) is 1. The summed E-state index contributed by atoms with van der Waals surface area (Å²) < 4.78 is 52.4. The fourth-order valence-electron chi connectivity index (χ4n) is 2.83. The van der Waals surface area contributed by atoms with Gasteiger partial charge in [-0.25, -0.2) is 15.0 Å². The van der Waals surface area contributed by atoms with E-state index in [1.807, 2.05) is 0 Å². The highest BCUT2D eigenvalue weighted by atomic mass is 32.2. The lowest BCUT2D eigenvalue weighted by molar-refractivity contribution is 0.0963. The Kier molecular flexibility index (Phi) is 6.91. The Hall–Kier alpha value is -2.69. The summed E-state index contributed by atoms with van der Waals surface area (Å²) in [7, 11) is 3.09. The van der Waals surface area contributed by atoms with Gasteiger partial charge in [-0.3, -0.25) is 13.2 Å². The van der Waals surface area contributed by atoms with Crippen LogP contribution in [0.3, 0.4) is 0 Å². The maximum atomic E-state index is 13.4. The lowest BCUT2D eigenvalue weighted by Crippen LogP contribution is -2.30. The molecule has 0 aliphatic heterocycles. The van der Waals surface area contributed by atoms with Crippen molar-refractivity contribution in [3.63, 3.8) is 0 Å². The standard InChI is InChI=1S/C19H22F3N5O2S/c1-28-12-3-4-13(29-2)14(7-12)30-18-26-15-16(23)24-11-25-17(15)27(18)6-5-19(8-20,9-21)10-22/h3-4,7,11H,5-6,8-10H2,1-2H3,(H2,23,24,25). The predicted octanol–water partition coefficient (Wildman–Crippen LogP) is 3.86. The molecule has 7 nitrogen and oxygen atoms in total. The SMILES string of the molecule is COc1ccc(OC)c(Sc2nc3c(N)ncnc3n2CCC(CF)(CF)CF)c1. The topological polar surface area (TPSA) is 88.1 Å². The molecule has 0 amide bonds. The molecule has 0 saturated heterocycles. The van der Waals surface area contributed by atoms with Gasteiger partial charge in [0.15, 0.2) is 22.1 Å². The third-order valence-electron chi connectivity index (χ3n) is 4.81. The summed E-state index contributed by atoms with van der Waals surface area (Å²) in [5, 5.41) is 0.453. The van der Waals surface area contributed by atoms with Crippen LogP contribution in [0.4, 0.5) is 19.0 Å². The zero-order chi connectivity index (χ0) is 21.7. The largest absolute Gasteiger partial charge is 0.497 e. The smallest absolute Gasteiger partial charge is 0.175 e. The van der Waals surface area contributed by atoms with Gasteiger partial charge in [0.1, 0.15) is 37.9 Å². The van der Waals surface area contributed by atoms with E-state index < -0.39 is 25.4 Å². The van der Waals surface area contributed by atoms with Crippen molar-refractivity contribution in [2.75, 3.05) is 40.0 Å². The van der Waals surface area contributed by atoms with Gasteiger partial charge in [-0.15, -0.1) is 0 Å². The number of anilines is 1. The fourth-order valence-corrected chi connectivity index (χ4v) is 3.88. The maximum Gasteiger partial charge on any atom is 0.175 e. The average Bonchev–Trinajstić information content (AvgIpc) is 3.13. The number of aryl methyl sites for hydroxylation is 1. The summed E-state index contributed by atoms with van der Waals surface area (Å²) in [5.41, 5.74) is 5.00. The summed E-state index contributed by atoms with van der Waals surface area (Å²) in [6.45, 7) is -3.21. The number of nitrogens with zero attached hydrogens (tertiary/aromatic N) is 4. The van der Waals surface area contributed by atoms with E-state index in [1.54, 1.807) is 29.9 Å². The van der Waals surface area contributed by atoms with Crippen LogP contribution < -0.4 is 15.2 Å². The van der Waals surface area contributed by atoms with E-state index in [1.165, 1.54) is 25.2 Å². The van der Waals surface area contributed by atoms with Crippen LogP contribution in [-0.2, 0) is 6.54 Å². The van der Waals surface area contributed by atoms with Crippen LogP contribution in [0.15, 0.2) is 34.6 Å². The molecule has 0 unspecified atom stereocenters. The summed E-state index contributed by atoms with van der Waals surface area (Å²) in [4.78, 5) is 13.4. The number of hydrogen-bond donors (Lipinski definition) is 1. The number of ether oxygens (including phenoxy) is 2. The van der Waals surface area contributed by atoms with Crippen molar-refractivity contribution in [1.82, 2.24) is 19.5 Å². The number of fused-ring (bicyclic) bond motifs is 1. The van der Waals surface area contributed by atoms with Crippen LogP contribution >= 0.6 is 11.8 Å². The molecule has 0 atom stereocenters. The number of benzene rings is 1. The first kappa shape index (κ1) is 22.0. The number of aromatic nitrogens is 4. The minimum Gasteiger partial charge on any atom is -0.497 e. The van der Waals surface area contributed by atoms with Crippen LogP contribution in [0, 0.1) is 5.41 Å². The number of alkyl halides is 3. The van der Waals surface area contributed by atoms with E-state index in [2.05, 4.69) is 15.0 Å². The molecular weight excluding hydrogens is 419 g/mol. The van der Waals surface area contributed by atoms with Crippen LogP contribution in [-0.4, -0.2) is 53.8 Å². The van der Waals surface area contributed by atoms with E-state index >= 15 is 0 Å². The second kappa shape index (κ2) is 9.41. The lowest BCUT2D eigenvalue weighted by atomic mass is 9.89. The second-order valence-electron chi connectivity index (χ2n) is 6.75. The van der Waals surface area contributed by atoms with Crippen LogP contribution in [0.5, 0.6) is 11.5 Å². The van der Waals surface area contributed by atoms with E-state index in [9.17, 15) is 13.2 Å². The summed E-state index contributed by atoms with van der Waals surface area (Å²) >= 11 is 1.25. The third-order valence-corrected chi connectivity index (χ3v) is 5.85. The highest BCUT2D eigenvalue weighted by molar-refractivity contribution is 7.99. The molecule has 11 heteroatoms. The Labute approximate surface area is 175 Å². The summed E-state index contributed by atoms with van der Waals surface area (Å²) in [6, 6.07) is 5.29. The molecule has 3 aromatic rings. The number of nitrogen functional groups attached to an aromatic ring is 1. The van der Waals surface area contributed by atoms with Crippen molar-refractivity contribution in [2.24, 2.45) is 5.41 Å². The van der Waals surface area contributed by atoms with E-state index in [4.69, 9.17) is 15.2 Å². The van der Waals surface area contributed by atoms with Gasteiger partial charge in [-0.1, -0.05) is 0 Å². The molecule has 30 heavy (non-hydrogen) atoms. The Bertz CT molecular complexity index is 1000. The van der Waals surface area contributed by atoms with E-state index in [-0.39, 0.29) is 18.8 Å². The minimum atomic E-state index is -1.69. The molecule has 1 aromatic carbocycles. The summed E-state index contributed by atoms with van der Waals surface area (Å²) in [5.74, 6) is 1.38. The van der Waals surface area contributed by atoms with E-state index in [0.717, 1.165) is 0 Å². The maximum absolute atomic E-state index is 13.4. The Balaban J connectivity index is 2.04. The Morgan fingerprint density at radius 3 is 2.47 bits per heavy atom. The molecule has 162 valence electrons. The highest BCUT2D eigenvalue weighted by Gasteiger charge is 2.31. The van der Waals surface area contributed by atoms with Gasteiger partial charge in [0, 0.05) is 6.54 Å². The van der Waals surface area contributed by atoms with Gasteiger partial charge in [0.2, 0.25) is 0 Å². The number of hydrogen-bond acceptors (Lipinski definition) is 7. The molecule has 2 aromatic heterocycles. The Morgan fingerprint density at radius 2 is 1.83 bits per heavy atom. The molecule has 0 saturated carbocycles. The van der Waals surface area contributed by atoms with Crippen molar-refractivity contribution >= 4 is 28.7 Å². The van der Waals surface area contributed by atoms with E-state index in [0.29, 0.717) is 32.7 Å². The molecule has 0 aliphatic rings. The minimum absolute atomic E-state index is 0.0747. The van der Waals surface area contributed by atoms with Gasteiger partial charge in [-0.05, 0) is 36.4 Å². The zero-order valence-corrected chi connectivity index (χ0v) is 17.4. The van der Waals surface area contributed by atoms with Gasteiger partial charge < -0.3 is 19.8 Å². The first-order valence-corrected chi connectivity index (χ1v) is 9.87. The van der Waals surface area contributed by atoms with Gasteiger partial charge >= 0.3 is 0 Å². The zero-order valence-electron chi connectivity index (χ0n) is 16.6. The van der Waals surface area contributed by atoms with Gasteiger partial charge in [-0.2, -0.15) is 0 Å². The van der Waals surface area contributed by atoms with Gasteiger partial charge in [0.05, 0.1) is 24.5 Å². The third kappa shape index (κ3) is 4.25. The molecule has 0 radical (unpaired) electrons. The lowest BCUT2D eigenvalue weighted by Gasteiger charge is -2.24. The van der Waals surface area contributed by atoms with Gasteiger partial charge in [0.25, 0.3) is 0 Å². The van der Waals surface area contributed by atoms with Crippen LogP contribution in [0.1, 0.15) is 6.42 Å². The summed E-state index contributed by atoms with van der Waals surface area (Å²) in [6.07, 6.45) is 1.21. The number of imidazole rings is 1. The molecule has 0 bridgehead atoms. The van der Waals surface area contributed by atoms with Crippen molar-refractivity contribution < 1.29 is 22.6 Å². The molecular formula is C19H22F3N5O2S. The molecule has 0 fully saturated rings. The second-order valence-corrected chi connectivity index (χ2v) is 7.76. The Morgan fingerprint density at radius 1 is 1.10 bits per heavy atom. The predicted molar refractivity (Wildman–Crippen MR) is 108 cm³/mol. The molecule has 0 aliphatic carbocycles. The first-order chi connectivity index (χ1) is 14.5. The highest BCUT2D eigenvalue weighted by Crippen LogP contribution is 2.39. The van der Waals surface area contributed by atoms with Crippen LogP contribution in [0.2, 0.25) is 0 Å².